The number of hydrogen-bond donors (Lipinski definition) is 1. The van der Waals surface area contributed by atoms with Gasteiger partial charge in [0, 0.05) is 15.7 Å². The topological polar surface area (TPSA) is 43.1 Å². The van der Waals surface area contributed by atoms with Gasteiger partial charge in [-0.1, -0.05) is 34.1 Å². The minimum absolute atomic E-state index is 0.0363. The van der Waals surface area contributed by atoms with Gasteiger partial charge in [0.2, 0.25) is 0 Å². The van der Waals surface area contributed by atoms with Gasteiger partial charge in [-0.25, -0.2) is 0 Å². The fraction of sp³-hybridized carbons (Fsp3) is 0. The van der Waals surface area contributed by atoms with Crippen molar-refractivity contribution in [2.24, 2.45) is 0 Å². The van der Waals surface area contributed by atoms with Crippen molar-refractivity contribution < 1.29 is 4.79 Å². The van der Waals surface area contributed by atoms with Crippen molar-refractivity contribution in [2.45, 2.75) is 0 Å². The molecule has 90 valence electrons. The molecular weight excluding hydrogens is 290 g/mol. The van der Waals surface area contributed by atoms with E-state index in [1.165, 1.54) is 6.08 Å². The third-order valence-electron chi connectivity index (χ3n) is 2.54. The molecule has 2 nitrogen and oxygen atoms in total. The molecule has 0 aliphatic heterocycles. The molecule has 0 fully saturated rings. The van der Waals surface area contributed by atoms with E-state index in [1.54, 1.807) is 18.2 Å². The van der Waals surface area contributed by atoms with E-state index in [-0.39, 0.29) is 5.78 Å². The molecule has 0 aliphatic carbocycles. The summed E-state index contributed by atoms with van der Waals surface area (Å²) in [4.78, 5) is 11.9. The average molecular weight is 302 g/mol. The van der Waals surface area contributed by atoms with Gasteiger partial charge in [-0.3, -0.25) is 4.79 Å². The van der Waals surface area contributed by atoms with Crippen LogP contribution in [-0.4, -0.2) is 5.78 Å². The van der Waals surface area contributed by atoms with Gasteiger partial charge < -0.3 is 5.73 Å². The number of halogens is 1. The Morgan fingerprint density at radius 3 is 2.39 bits per heavy atom. The lowest BCUT2D eigenvalue weighted by Crippen LogP contribution is -1.94. The van der Waals surface area contributed by atoms with Crippen LogP contribution in [0.2, 0.25) is 0 Å². The highest BCUT2D eigenvalue weighted by Gasteiger charge is 2.01. The molecular formula is C15H12BrNO. The Hall–Kier alpha value is -1.87. The normalized spacial score (nSPS) is 10.7. The Balaban J connectivity index is 2.17. The quantitative estimate of drug-likeness (QED) is 0.530. The minimum atomic E-state index is -0.0363. The van der Waals surface area contributed by atoms with Crippen molar-refractivity contribution in [2.75, 3.05) is 5.73 Å². The molecule has 0 amide bonds. The Labute approximate surface area is 114 Å². The second-order valence-electron chi connectivity index (χ2n) is 3.83. The average Bonchev–Trinajstić information content (AvgIpc) is 2.38. The van der Waals surface area contributed by atoms with Gasteiger partial charge in [0.1, 0.15) is 0 Å². The predicted octanol–water partition coefficient (Wildman–Crippen LogP) is 3.93. The number of nitrogen functional groups attached to an aromatic ring is 1. The van der Waals surface area contributed by atoms with E-state index in [1.807, 2.05) is 36.4 Å². The molecule has 0 bridgehead atoms. The summed E-state index contributed by atoms with van der Waals surface area (Å²) in [6, 6.07) is 14.7. The van der Waals surface area contributed by atoms with Gasteiger partial charge in [-0.2, -0.15) is 0 Å². The number of nitrogens with two attached hydrogens (primary N) is 1. The van der Waals surface area contributed by atoms with Gasteiger partial charge in [0.05, 0.1) is 0 Å². The van der Waals surface area contributed by atoms with Crippen LogP contribution in [0, 0.1) is 0 Å². The summed E-state index contributed by atoms with van der Waals surface area (Å²) in [5, 5.41) is 0. The van der Waals surface area contributed by atoms with Gasteiger partial charge in [-0.15, -0.1) is 0 Å². The molecule has 3 heteroatoms. The van der Waals surface area contributed by atoms with E-state index in [4.69, 9.17) is 5.73 Å². The van der Waals surface area contributed by atoms with Crippen molar-refractivity contribution in [3.63, 3.8) is 0 Å². The summed E-state index contributed by atoms with van der Waals surface area (Å²) >= 11 is 3.33. The number of rotatable bonds is 3. The van der Waals surface area contributed by atoms with E-state index in [9.17, 15) is 4.79 Å². The van der Waals surface area contributed by atoms with Gasteiger partial charge in [0.25, 0.3) is 0 Å². The third kappa shape index (κ3) is 3.08. The molecule has 0 atom stereocenters. The SMILES string of the molecule is Nc1ccccc1/C=C/C(=O)c1ccc(Br)cc1. The number of para-hydroxylation sites is 1. The van der Waals surface area contributed by atoms with Crippen molar-refractivity contribution in [3.05, 3.63) is 70.2 Å². The van der Waals surface area contributed by atoms with Crippen LogP contribution in [0.3, 0.4) is 0 Å². The lowest BCUT2D eigenvalue weighted by molar-refractivity contribution is 0.104. The van der Waals surface area contributed by atoms with Crippen LogP contribution in [0.15, 0.2) is 59.1 Å². The molecule has 0 saturated carbocycles. The van der Waals surface area contributed by atoms with Gasteiger partial charge in [-0.05, 0) is 48.0 Å². The number of anilines is 1. The smallest absolute Gasteiger partial charge is 0.185 e. The van der Waals surface area contributed by atoms with Crippen molar-refractivity contribution in [1.82, 2.24) is 0 Å². The maximum Gasteiger partial charge on any atom is 0.185 e. The molecule has 0 radical (unpaired) electrons. The lowest BCUT2D eigenvalue weighted by atomic mass is 10.1. The number of ketones is 1. The van der Waals surface area contributed by atoms with Crippen molar-refractivity contribution in [1.29, 1.82) is 0 Å². The molecule has 0 aromatic heterocycles. The summed E-state index contributed by atoms with van der Waals surface area (Å²) in [6.45, 7) is 0. The second kappa shape index (κ2) is 5.65. The van der Waals surface area contributed by atoms with Crippen molar-refractivity contribution >= 4 is 33.5 Å². The van der Waals surface area contributed by atoms with E-state index in [2.05, 4.69) is 15.9 Å². The maximum atomic E-state index is 11.9. The summed E-state index contributed by atoms with van der Waals surface area (Å²) in [5.41, 5.74) is 7.97. The lowest BCUT2D eigenvalue weighted by Gasteiger charge is -1.99. The zero-order valence-electron chi connectivity index (χ0n) is 9.64. The minimum Gasteiger partial charge on any atom is -0.398 e. The Morgan fingerprint density at radius 1 is 1.06 bits per heavy atom. The number of carbonyl (C=O) groups is 1. The Morgan fingerprint density at radius 2 is 1.72 bits per heavy atom. The van der Waals surface area contributed by atoms with E-state index >= 15 is 0 Å². The van der Waals surface area contributed by atoms with Crippen LogP contribution >= 0.6 is 15.9 Å². The molecule has 0 heterocycles. The molecule has 2 aromatic rings. The molecule has 2 N–H and O–H groups in total. The molecule has 0 unspecified atom stereocenters. The first-order valence-corrected chi connectivity index (χ1v) is 6.28. The fourth-order valence-electron chi connectivity index (χ4n) is 1.54. The highest BCUT2D eigenvalue weighted by molar-refractivity contribution is 9.10. The molecule has 18 heavy (non-hydrogen) atoms. The van der Waals surface area contributed by atoms with Crippen LogP contribution in [-0.2, 0) is 0 Å². The van der Waals surface area contributed by atoms with Crippen LogP contribution in [0.25, 0.3) is 6.08 Å². The molecule has 2 aromatic carbocycles. The third-order valence-corrected chi connectivity index (χ3v) is 3.07. The molecule has 0 spiro atoms. The first-order chi connectivity index (χ1) is 8.66. The van der Waals surface area contributed by atoms with Crippen LogP contribution in [0.1, 0.15) is 15.9 Å². The van der Waals surface area contributed by atoms with Crippen LogP contribution in [0.5, 0.6) is 0 Å². The van der Waals surface area contributed by atoms with Crippen molar-refractivity contribution in [3.8, 4) is 0 Å². The number of hydrogen-bond acceptors (Lipinski definition) is 2. The second-order valence-corrected chi connectivity index (χ2v) is 4.75. The monoisotopic (exact) mass is 301 g/mol. The largest absolute Gasteiger partial charge is 0.398 e. The highest BCUT2D eigenvalue weighted by atomic mass is 79.9. The zero-order valence-corrected chi connectivity index (χ0v) is 11.2. The summed E-state index contributed by atoms with van der Waals surface area (Å²) < 4.78 is 0.954. The van der Waals surface area contributed by atoms with E-state index in [0.717, 1.165) is 10.0 Å². The Kier molecular flexibility index (Phi) is 3.95. The number of benzene rings is 2. The first kappa shape index (κ1) is 12.6. The summed E-state index contributed by atoms with van der Waals surface area (Å²) in [5.74, 6) is -0.0363. The van der Waals surface area contributed by atoms with E-state index < -0.39 is 0 Å². The molecule has 0 saturated heterocycles. The number of carbonyl (C=O) groups excluding carboxylic acids is 1. The van der Waals surface area contributed by atoms with Gasteiger partial charge >= 0.3 is 0 Å². The summed E-state index contributed by atoms with van der Waals surface area (Å²) in [6.07, 6.45) is 3.27. The van der Waals surface area contributed by atoms with Crippen LogP contribution in [0.4, 0.5) is 5.69 Å². The number of allylic oxidation sites excluding steroid dienone is 1. The Bertz CT molecular complexity index is 588. The predicted molar refractivity (Wildman–Crippen MR) is 78.4 cm³/mol. The first-order valence-electron chi connectivity index (χ1n) is 5.49. The molecule has 0 aliphatic rings. The summed E-state index contributed by atoms with van der Waals surface area (Å²) in [7, 11) is 0. The zero-order chi connectivity index (χ0) is 13.0. The van der Waals surface area contributed by atoms with E-state index in [0.29, 0.717) is 11.3 Å². The van der Waals surface area contributed by atoms with Crippen LogP contribution < -0.4 is 5.73 Å². The maximum absolute atomic E-state index is 11.9. The molecule has 2 rings (SSSR count). The highest BCUT2D eigenvalue weighted by Crippen LogP contribution is 2.14. The van der Waals surface area contributed by atoms with Gasteiger partial charge in [0.15, 0.2) is 5.78 Å². The standard InChI is InChI=1S/C15H12BrNO/c16-13-8-5-12(6-9-13)15(18)10-7-11-3-1-2-4-14(11)17/h1-10H,17H2/b10-7+. The fourth-order valence-corrected chi connectivity index (χ4v) is 1.80.